The molecule has 0 aliphatic carbocycles. The summed E-state index contributed by atoms with van der Waals surface area (Å²) in [7, 11) is 1.54. The van der Waals surface area contributed by atoms with Crippen LogP contribution < -0.4 is 10.1 Å². The molecule has 0 aliphatic rings. The second-order valence-corrected chi connectivity index (χ2v) is 4.76. The molecule has 0 aliphatic heterocycles. The summed E-state index contributed by atoms with van der Waals surface area (Å²) in [5, 5.41) is 10.3. The largest absolute Gasteiger partial charge is 0.497 e. The van der Waals surface area contributed by atoms with E-state index in [2.05, 4.69) is 20.5 Å². The number of ether oxygens (including phenoxy) is 1. The number of benzene rings is 2. The molecule has 23 heavy (non-hydrogen) atoms. The van der Waals surface area contributed by atoms with Crippen molar-refractivity contribution in [3.8, 4) is 5.75 Å². The summed E-state index contributed by atoms with van der Waals surface area (Å²) in [5.41, 5.74) is 1.43. The summed E-state index contributed by atoms with van der Waals surface area (Å²) in [4.78, 5) is 16.3. The van der Waals surface area contributed by atoms with Gasteiger partial charge in [0.15, 0.2) is 0 Å². The maximum absolute atomic E-state index is 13.5. The van der Waals surface area contributed by atoms with Gasteiger partial charge in [-0.05, 0) is 18.2 Å². The summed E-state index contributed by atoms with van der Waals surface area (Å²) in [6.45, 7) is 0.0466. The number of rotatable bonds is 4. The molecule has 0 atom stereocenters. The third-order valence-corrected chi connectivity index (χ3v) is 3.26. The van der Waals surface area contributed by atoms with Gasteiger partial charge in [-0.1, -0.05) is 18.2 Å². The maximum atomic E-state index is 13.5. The van der Waals surface area contributed by atoms with Crippen molar-refractivity contribution in [1.29, 1.82) is 0 Å². The van der Waals surface area contributed by atoms with Gasteiger partial charge in [-0.25, -0.2) is 9.37 Å². The minimum Gasteiger partial charge on any atom is -0.497 e. The van der Waals surface area contributed by atoms with Crippen molar-refractivity contribution in [3.63, 3.8) is 0 Å². The van der Waals surface area contributed by atoms with Crippen molar-refractivity contribution < 1.29 is 13.9 Å². The lowest BCUT2D eigenvalue weighted by molar-refractivity contribution is 0.0939. The van der Waals surface area contributed by atoms with Gasteiger partial charge in [0.1, 0.15) is 17.1 Å². The van der Waals surface area contributed by atoms with E-state index in [4.69, 9.17) is 4.74 Å². The normalized spacial score (nSPS) is 10.5. The molecule has 2 aromatic carbocycles. The molecule has 0 saturated heterocycles. The molecular formula is C16H13FN4O2. The molecular weight excluding hydrogens is 299 g/mol. The molecule has 1 heterocycles. The lowest BCUT2D eigenvalue weighted by Gasteiger charge is -2.06. The van der Waals surface area contributed by atoms with Gasteiger partial charge in [0.2, 0.25) is 5.82 Å². The first kappa shape index (κ1) is 14.8. The van der Waals surface area contributed by atoms with Gasteiger partial charge in [0.05, 0.1) is 12.6 Å². The summed E-state index contributed by atoms with van der Waals surface area (Å²) in [6.07, 6.45) is 0. The number of carbonyl (C=O) groups excluding carboxylic acids is 1. The van der Waals surface area contributed by atoms with Gasteiger partial charge in [0, 0.05) is 18.2 Å². The minimum absolute atomic E-state index is 0.0466. The average molecular weight is 312 g/mol. The first-order valence-corrected chi connectivity index (χ1v) is 6.87. The molecule has 116 valence electrons. The van der Waals surface area contributed by atoms with Crippen LogP contribution in [0.5, 0.6) is 5.75 Å². The molecule has 0 fully saturated rings. The molecule has 3 aromatic rings. The fraction of sp³-hybridized carbons (Fsp3) is 0.125. The first-order chi connectivity index (χ1) is 11.2. The highest BCUT2D eigenvalue weighted by atomic mass is 19.1. The van der Waals surface area contributed by atoms with Crippen LogP contribution in [0.25, 0.3) is 11.0 Å². The topological polar surface area (TPSA) is 77.0 Å². The first-order valence-electron chi connectivity index (χ1n) is 6.87. The monoisotopic (exact) mass is 312 g/mol. The molecule has 0 unspecified atom stereocenters. The second kappa shape index (κ2) is 6.35. The van der Waals surface area contributed by atoms with Crippen molar-refractivity contribution in [2.24, 2.45) is 0 Å². The molecule has 1 amide bonds. The predicted molar refractivity (Wildman–Crippen MR) is 81.5 cm³/mol. The van der Waals surface area contributed by atoms with Crippen LogP contribution >= 0.6 is 0 Å². The van der Waals surface area contributed by atoms with Crippen LogP contribution in [0.15, 0.2) is 42.5 Å². The molecule has 0 bridgehead atoms. The van der Waals surface area contributed by atoms with Crippen molar-refractivity contribution >= 4 is 16.9 Å². The highest BCUT2D eigenvalue weighted by Gasteiger charge is 2.12. The molecule has 7 heteroatoms. The van der Waals surface area contributed by atoms with Gasteiger partial charge in [0.25, 0.3) is 5.91 Å². The van der Waals surface area contributed by atoms with Crippen molar-refractivity contribution in [3.05, 3.63) is 59.7 Å². The summed E-state index contributed by atoms with van der Waals surface area (Å²) in [6, 6.07) is 11.3. The van der Waals surface area contributed by atoms with E-state index >= 15 is 0 Å². The number of fused-ring (bicyclic) bond motifs is 1. The van der Waals surface area contributed by atoms with E-state index in [0.29, 0.717) is 22.3 Å². The Labute approximate surface area is 131 Å². The van der Waals surface area contributed by atoms with Crippen LogP contribution in [0, 0.1) is 5.82 Å². The standard InChI is InChI=1S/C16H13FN4O2/c1-23-11-6-7-13-14(8-11)19-15(21-20-13)16(22)18-9-10-4-2-3-5-12(10)17/h2-8H,9H2,1H3,(H,18,22). The summed E-state index contributed by atoms with van der Waals surface area (Å²) < 4.78 is 18.6. The molecule has 1 N–H and O–H groups in total. The van der Waals surface area contributed by atoms with E-state index in [1.807, 2.05) is 0 Å². The molecule has 0 spiro atoms. The lowest BCUT2D eigenvalue weighted by atomic mass is 10.2. The zero-order chi connectivity index (χ0) is 16.2. The SMILES string of the molecule is COc1ccc2nnc(C(=O)NCc3ccccc3F)nc2c1. The fourth-order valence-corrected chi connectivity index (χ4v) is 2.03. The highest BCUT2D eigenvalue weighted by molar-refractivity contribution is 5.91. The van der Waals surface area contributed by atoms with Crippen LogP contribution in [-0.2, 0) is 6.54 Å². The number of aromatic nitrogens is 3. The highest BCUT2D eigenvalue weighted by Crippen LogP contribution is 2.16. The van der Waals surface area contributed by atoms with Crippen molar-refractivity contribution in [2.75, 3.05) is 7.11 Å². The van der Waals surface area contributed by atoms with Crippen molar-refractivity contribution in [1.82, 2.24) is 20.5 Å². The van der Waals surface area contributed by atoms with Crippen LogP contribution in [0.3, 0.4) is 0 Å². The van der Waals surface area contributed by atoms with Gasteiger partial charge < -0.3 is 10.1 Å². The number of nitrogens with zero attached hydrogens (tertiary/aromatic N) is 3. The summed E-state index contributed by atoms with van der Waals surface area (Å²) >= 11 is 0. The molecule has 1 aromatic heterocycles. The smallest absolute Gasteiger partial charge is 0.291 e. The van der Waals surface area contributed by atoms with E-state index < -0.39 is 5.91 Å². The number of methoxy groups -OCH3 is 1. The van der Waals surface area contributed by atoms with E-state index in [1.165, 1.54) is 13.2 Å². The predicted octanol–water partition coefficient (Wildman–Crippen LogP) is 2.10. The number of nitrogens with one attached hydrogen (secondary N) is 1. The number of halogens is 1. The van der Waals surface area contributed by atoms with Crippen molar-refractivity contribution in [2.45, 2.75) is 6.54 Å². The van der Waals surface area contributed by atoms with E-state index in [1.54, 1.807) is 36.4 Å². The Morgan fingerprint density at radius 3 is 2.78 bits per heavy atom. The third kappa shape index (κ3) is 3.23. The molecule has 0 radical (unpaired) electrons. The molecule has 0 saturated carbocycles. The zero-order valence-electron chi connectivity index (χ0n) is 12.3. The third-order valence-electron chi connectivity index (χ3n) is 3.26. The Morgan fingerprint density at radius 2 is 2.00 bits per heavy atom. The van der Waals surface area contributed by atoms with E-state index in [-0.39, 0.29) is 18.2 Å². The van der Waals surface area contributed by atoms with Crippen LogP contribution in [0.4, 0.5) is 4.39 Å². The van der Waals surface area contributed by atoms with E-state index in [9.17, 15) is 9.18 Å². The fourth-order valence-electron chi connectivity index (χ4n) is 2.03. The number of hydrogen-bond acceptors (Lipinski definition) is 5. The van der Waals surface area contributed by atoms with Gasteiger partial charge in [-0.3, -0.25) is 4.79 Å². The molecule has 3 rings (SSSR count). The zero-order valence-corrected chi connectivity index (χ0v) is 12.3. The van der Waals surface area contributed by atoms with Crippen LogP contribution in [-0.4, -0.2) is 28.2 Å². The molecule has 6 nitrogen and oxygen atoms in total. The second-order valence-electron chi connectivity index (χ2n) is 4.76. The minimum atomic E-state index is -0.523. The van der Waals surface area contributed by atoms with E-state index in [0.717, 1.165) is 0 Å². The maximum Gasteiger partial charge on any atom is 0.291 e. The Balaban J connectivity index is 1.79. The Hall–Kier alpha value is -3.09. The number of amides is 1. The Bertz CT molecular complexity index is 870. The quantitative estimate of drug-likeness (QED) is 0.798. The lowest BCUT2D eigenvalue weighted by Crippen LogP contribution is -2.25. The van der Waals surface area contributed by atoms with Gasteiger partial charge >= 0.3 is 0 Å². The van der Waals surface area contributed by atoms with Gasteiger partial charge in [-0.2, -0.15) is 0 Å². The average Bonchev–Trinajstić information content (AvgIpc) is 2.59. The Kier molecular flexibility index (Phi) is 4.09. The number of carbonyl (C=O) groups is 1. The summed E-state index contributed by atoms with van der Waals surface area (Å²) in [5.74, 6) is -0.377. The Morgan fingerprint density at radius 1 is 1.17 bits per heavy atom. The van der Waals surface area contributed by atoms with Crippen LogP contribution in [0.2, 0.25) is 0 Å². The number of hydrogen-bond donors (Lipinski definition) is 1. The van der Waals surface area contributed by atoms with Crippen LogP contribution in [0.1, 0.15) is 16.2 Å². The van der Waals surface area contributed by atoms with Gasteiger partial charge in [-0.15, -0.1) is 10.2 Å².